The van der Waals surface area contributed by atoms with Gasteiger partial charge in [0.2, 0.25) is 0 Å². The van der Waals surface area contributed by atoms with Crippen LogP contribution in [0.2, 0.25) is 0 Å². The van der Waals surface area contributed by atoms with Gasteiger partial charge < -0.3 is 11.5 Å². The molecule has 94 valence electrons. The number of nitrogen functional groups attached to an aromatic ring is 2. The van der Waals surface area contributed by atoms with Gasteiger partial charge in [0.05, 0.1) is 6.20 Å². The Bertz CT molecular complexity index is 605. The number of thiol groups is 1. The molecule has 0 fully saturated rings. The summed E-state index contributed by atoms with van der Waals surface area (Å²) in [7, 11) is 1.78. The minimum atomic E-state index is 0.254. The molecule has 2 aromatic heterocycles. The van der Waals surface area contributed by atoms with E-state index in [2.05, 4.69) is 34.3 Å². The first kappa shape index (κ1) is 12.4. The molecule has 0 amide bonds. The molecule has 0 aliphatic carbocycles. The summed E-state index contributed by atoms with van der Waals surface area (Å²) in [5.41, 5.74) is 11.9. The van der Waals surface area contributed by atoms with E-state index in [4.69, 9.17) is 11.5 Å². The SMILES string of the molecule is C=CCn1c(S)n[n+](C)c1-c1ncc(N)nc1N. The third-order valence-electron chi connectivity index (χ3n) is 2.38. The fourth-order valence-corrected chi connectivity index (χ4v) is 1.98. The zero-order valence-electron chi connectivity index (χ0n) is 9.91. The van der Waals surface area contributed by atoms with Crippen molar-refractivity contribution in [3.05, 3.63) is 18.9 Å². The van der Waals surface area contributed by atoms with Crippen LogP contribution in [0.4, 0.5) is 11.6 Å². The lowest BCUT2D eigenvalue weighted by Crippen LogP contribution is -2.33. The van der Waals surface area contributed by atoms with Crippen LogP contribution in [0, 0.1) is 0 Å². The van der Waals surface area contributed by atoms with Crippen LogP contribution in [0.5, 0.6) is 0 Å². The smallest absolute Gasteiger partial charge is 0.334 e. The Morgan fingerprint density at radius 1 is 1.56 bits per heavy atom. The molecule has 0 radical (unpaired) electrons. The molecule has 7 nitrogen and oxygen atoms in total. The summed E-state index contributed by atoms with van der Waals surface area (Å²) in [6.45, 7) is 4.25. The van der Waals surface area contributed by atoms with Crippen molar-refractivity contribution in [2.24, 2.45) is 7.05 Å². The zero-order chi connectivity index (χ0) is 13.3. The molecule has 2 rings (SSSR count). The molecule has 0 saturated heterocycles. The highest BCUT2D eigenvalue weighted by Gasteiger charge is 2.26. The highest BCUT2D eigenvalue weighted by atomic mass is 32.1. The first-order chi connectivity index (χ1) is 8.54. The van der Waals surface area contributed by atoms with E-state index >= 15 is 0 Å². The maximum atomic E-state index is 5.84. The monoisotopic (exact) mass is 264 g/mol. The van der Waals surface area contributed by atoms with Crippen LogP contribution in [0.25, 0.3) is 11.5 Å². The van der Waals surface area contributed by atoms with Crippen molar-refractivity contribution in [3.8, 4) is 11.5 Å². The third-order valence-corrected chi connectivity index (χ3v) is 2.72. The van der Waals surface area contributed by atoms with Crippen molar-refractivity contribution in [1.82, 2.24) is 19.6 Å². The van der Waals surface area contributed by atoms with Gasteiger partial charge in [0, 0.05) is 0 Å². The van der Waals surface area contributed by atoms with Crippen LogP contribution in [0.3, 0.4) is 0 Å². The Labute approximate surface area is 110 Å². The Morgan fingerprint density at radius 3 is 2.89 bits per heavy atom. The van der Waals surface area contributed by atoms with Gasteiger partial charge in [-0.05, 0) is 5.10 Å². The summed E-state index contributed by atoms with van der Waals surface area (Å²) in [6.07, 6.45) is 3.20. The number of rotatable bonds is 3. The molecular formula is C10H14N7S+. The van der Waals surface area contributed by atoms with Gasteiger partial charge >= 0.3 is 5.82 Å². The number of anilines is 2. The van der Waals surface area contributed by atoms with E-state index in [1.165, 1.54) is 6.20 Å². The van der Waals surface area contributed by atoms with E-state index < -0.39 is 0 Å². The van der Waals surface area contributed by atoms with Gasteiger partial charge in [-0.15, -0.1) is 4.68 Å². The van der Waals surface area contributed by atoms with Gasteiger partial charge in [-0.2, -0.15) is 4.57 Å². The normalized spacial score (nSPS) is 10.6. The highest BCUT2D eigenvalue weighted by Crippen LogP contribution is 2.21. The van der Waals surface area contributed by atoms with Gasteiger partial charge in [-0.3, -0.25) is 0 Å². The lowest BCUT2D eigenvalue weighted by molar-refractivity contribution is -0.720. The van der Waals surface area contributed by atoms with Crippen LogP contribution >= 0.6 is 12.6 Å². The molecule has 0 spiro atoms. The number of nitrogens with two attached hydrogens (primary N) is 2. The van der Waals surface area contributed by atoms with Crippen LogP contribution in [-0.4, -0.2) is 19.6 Å². The second-order valence-corrected chi connectivity index (χ2v) is 4.08. The molecule has 0 bridgehead atoms. The lowest BCUT2D eigenvalue weighted by atomic mass is 10.3. The predicted molar refractivity (Wildman–Crippen MR) is 70.7 cm³/mol. The number of aromatic nitrogens is 5. The second kappa shape index (κ2) is 4.65. The van der Waals surface area contributed by atoms with Crippen molar-refractivity contribution in [2.75, 3.05) is 11.5 Å². The first-order valence-electron chi connectivity index (χ1n) is 5.19. The van der Waals surface area contributed by atoms with Crippen molar-refractivity contribution in [1.29, 1.82) is 0 Å². The van der Waals surface area contributed by atoms with Gasteiger partial charge in [-0.1, -0.05) is 25.3 Å². The number of hydrogen-bond acceptors (Lipinski definition) is 6. The molecule has 18 heavy (non-hydrogen) atoms. The minimum Gasteiger partial charge on any atom is -0.382 e. The summed E-state index contributed by atoms with van der Waals surface area (Å²) >= 11 is 4.30. The molecule has 2 aromatic rings. The summed E-state index contributed by atoms with van der Waals surface area (Å²) in [5.74, 6) is 1.23. The fourth-order valence-electron chi connectivity index (χ4n) is 1.67. The molecule has 4 N–H and O–H groups in total. The molecule has 8 heteroatoms. The van der Waals surface area contributed by atoms with E-state index in [9.17, 15) is 0 Å². The van der Waals surface area contributed by atoms with Gasteiger partial charge in [-0.25, -0.2) is 9.97 Å². The number of nitrogens with zero attached hydrogens (tertiary/aromatic N) is 5. The Morgan fingerprint density at radius 2 is 2.28 bits per heavy atom. The van der Waals surface area contributed by atoms with E-state index in [0.29, 0.717) is 23.2 Å². The van der Waals surface area contributed by atoms with Crippen molar-refractivity contribution >= 4 is 24.3 Å². The largest absolute Gasteiger partial charge is 0.382 e. The summed E-state index contributed by atoms with van der Waals surface area (Å²) < 4.78 is 3.47. The average Bonchev–Trinajstić information content (AvgIpc) is 2.56. The van der Waals surface area contributed by atoms with Gasteiger partial charge in [0.25, 0.3) is 5.16 Å². The topological polar surface area (TPSA) is 99.5 Å². The number of aryl methyl sites for hydroxylation is 1. The van der Waals surface area contributed by atoms with E-state index in [1.807, 2.05) is 4.57 Å². The highest BCUT2D eigenvalue weighted by molar-refractivity contribution is 7.80. The predicted octanol–water partition coefficient (Wildman–Crippen LogP) is -0.196. The van der Waals surface area contributed by atoms with Crippen LogP contribution < -0.4 is 16.1 Å². The lowest BCUT2D eigenvalue weighted by Gasteiger charge is -2.02. The first-order valence-corrected chi connectivity index (χ1v) is 5.64. The molecule has 0 aliphatic rings. The van der Waals surface area contributed by atoms with Crippen LogP contribution in [0.1, 0.15) is 0 Å². The summed E-state index contributed by atoms with van der Waals surface area (Å²) in [4.78, 5) is 8.19. The van der Waals surface area contributed by atoms with Gasteiger partial charge in [0.15, 0.2) is 11.5 Å². The molecule has 0 aromatic carbocycles. The van der Waals surface area contributed by atoms with Crippen LogP contribution in [0.15, 0.2) is 24.0 Å². The molecule has 2 heterocycles. The Hall–Kier alpha value is -2.09. The maximum absolute atomic E-state index is 5.84. The average molecular weight is 264 g/mol. The number of hydrogen-bond donors (Lipinski definition) is 3. The maximum Gasteiger partial charge on any atom is 0.334 e. The third kappa shape index (κ3) is 2.02. The minimum absolute atomic E-state index is 0.254. The Kier molecular flexibility index (Phi) is 3.19. The summed E-state index contributed by atoms with van der Waals surface area (Å²) in [6, 6.07) is 0. The van der Waals surface area contributed by atoms with Gasteiger partial charge in [0.1, 0.15) is 19.4 Å². The van der Waals surface area contributed by atoms with E-state index in [0.717, 1.165) is 0 Å². The Balaban J connectivity index is 2.66. The van der Waals surface area contributed by atoms with Crippen LogP contribution in [-0.2, 0) is 13.6 Å². The molecule has 0 aliphatic heterocycles. The molecule has 0 unspecified atom stereocenters. The number of allylic oxidation sites excluding steroid dienone is 1. The van der Waals surface area contributed by atoms with E-state index in [-0.39, 0.29) is 11.6 Å². The van der Waals surface area contributed by atoms with Crippen molar-refractivity contribution in [3.63, 3.8) is 0 Å². The quantitative estimate of drug-likeness (QED) is 0.405. The van der Waals surface area contributed by atoms with Crippen molar-refractivity contribution in [2.45, 2.75) is 11.7 Å². The molecular weight excluding hydrogens is 250 g/mol. The standard InChI is InChI=1S/C10H13N7S/c1-3-4-17-9(16(2)15-10(17)18)7-8(12)14-6(11)5-13-7/h3,5H,1,4H2,2H3,(H4,11,12,14,15,18)/p+1. The summed E-state index contributed by atoms with van der Waals surface area (Å²) in [5, 5.41) is 4.76. The van der Waals surface area contributed by atoms with Crippen molar-refractivity contribution < 1.29 is 4.68 Å². The molecule has 0 atom stereocenters. The molecule has 0 saturated carbocycles. The fraction of sp³-hybridized carbons (Fsp3) is 0.200. The zero-order valence-corrected chi connectivity index (χ0v) is 10.8. The second-order valence-electron chi connectivity index (χ2n) is 3.68. The van der Waals surface area contributed by atoms with E-state index in [1.54, 1.807) is 17.8 Å².